The molecule has 7 nitrogen and oxygen atoms in total. The Kier molecular flexibility index (Phi) is 8.43. The number of rotatable bonds is 9. The van der Waals surface area contributed by atoms with Crippen LogP contribution >= 0.6 is 11.6 Å². The van der Waals surface area contributed by atoms with E-state index in [2.05, 4.69) is 15.8 Å². The summed E-state index contributed by atoms with van der Waals surface area (Å²) in [5.74, 6) is 0.342. The summed E-state index contributed by atoms with van der Waals surface area (Å²) < 4.78 is 10.5. The highest BCUT2D eigenvalue weighted by atomic mass is 35.5. The van der Waals surface area contributed by atoms with Crippen molar-refractivity contribution in [2.75, 3.05) is 14.2 Å². The van der Waals surface area contributed by atoms with E-state index in [0.717, 1.165) is 5.56 Å². The molecule has 0 aliphatic heterocycles. The lowest BCUT2D eigenvalue weighted by Gasteiger charge is -2.18. The van der Waals surface area contributed by atoms with E-state index in [1.54, 1.807) is 36.4 Å². The Bertz CT molecular complexity index is 1120. The van der Waals surface area contributed by atoms with Crippen LogP contribution in [0, 0.1) is 0 Å². The fraction of sp³-hybridized carbons (Fsp3) is 0.160. The van der Waals surface area contributed by atoms with E-state index in [-0.39, 0.29) is 18.2 Å². The molecule has 0 aliphatic carbocycles. The van der Waals surface area contributed by atoms with Gasteiger partial charge in [0, 0.05) is 17.2 Å². The number of amides is 2. The monoisotopic (exact) mass is 465 g/mol. The van der Waals surface area contributed by atoms with Crippen LogP contribution < -0.4 is 20.2 Å². The second-order valence-corrected chi connectivity index (χ2v) is 7.44. The van der Waals surface area contributed by atoms with Gasteiger partial charge in [0.15, 0.2) is 11.5 Å². The van der Waals surface area contributed by atoms with Gasteiger partial charge in [-0.15, -0.1) is 0 Å². The largest absolute Gasteiger partial charge is 0.493 e. The lowest BCUT2D eigenvalue weighted by Crippen LogP contribution is -2.32. The second-order valence-electron chi connectivity index (χ2n) is 7.03. The average Bonchev–Trinajstić information content (AvgIpc) is 2.85. The van der Waals surface area contributed by atoms with E-state index in [9.17, 15) is 9.59 Å². The van der Waals surface area contributed by atoms with Crippen molar-refractivity contribution in [3.8, 4) is 11.5 Å². The summed E-state index contributed by atoms with van der Waals surface area (Å²) in [6.07, 6.45) is 1.42. The van der Waals surface area contributed by atoms with E-state index in [1.165, 1.54) is 20.4 Å². The van der Waals surface area contributed by atoms with Crippen molar-refractivity contribution in [1.82, 2.24) is 10.7 Å². The molecule has 0 saturated carbocycles. The summed E-state index contributed by atoms with van der Waals surface area (Å²) in [6.45, 7) is 0. The van der Waals surface area contributed by atoms with Crippen LogP contribution in [0.5, 0.6) is 11.5 Å². The molecule has 0 radical (unpaired) electrons. The molecule has 1 atom stereocenters. The van der Waals surface area contributed by atoms with E-state index in [4.69, 9.17) is 21.1 Å². The lowest BCUT2D eigenvalue weighted by molar-refractivity contribution is -0.121. The molecular weight excluding hydrogens is 442 g/mol. The molecule has 33 heavy (non-hydrogen) atoms. The summed E-state index contributed by atoms with van der Waals surface area (Å²) >= 11 is 6.25. The maximum atomic E-state index is 12.6. The zero-order valence-electron chi connectivity index (χ0n) is 18.2. The highest BCUT2D eigenvalue weighted by Crippen LogP contribution is 2.32. The first-order chi connectivity index (χ1) is 16.0. The number of benzene rings is 3. The van der Waals surface area contributed by atoms with Gasteiger partial charge in [-0.05, 0) is 23.8 Å². The van der Waals surface area contributed by atoms with Crippen LogP contribution in [0.25, 0.3) is 0 Å². The molecule has 0 aromatic heterocycles. The van der Waals surface area contributed by atoms with Crippen molar-refractivity contribution in [1.29, 1.82) is 0 Å². The van der Waals surface area contributed by atoms with Gasteiger partial charge in [-0.1, -0.05) is 60.1 Å². The first-order valence-electron chi connectivity index (χ1n) is 10.2. The number of hydrogen-bond donors (Lipinski definition) is 2. The first-order valence-corrected chi connectivity index (χ1v) is 10.5. The Morgan fingerprint density at radius 1 is 0.970 bits per heavy atom. The number of carbonyl (C=O) groups is 2. The third-order valence-corrected chi connectivity index (χ3v) is 5.16. The molecule has 2 N–H and O–H groups in total. The number of nitrogens with one attached hydrogen (secondary N) is 2. The van der Waals surface area contributed by atoms with Gasteiger partial charge in [-0.2, -0.15) is 5.10 Å². The number of ether oxygens (including phenoxy) is 2. The SMILES string of the molecule is COc1cc(Cl)c(/C=N\NC(=O)C[C@H](NC(=O)c2ccccc2)c2ccccc2)cc1OC. The minimum Gasteiger partial charge on any atom is -0.493 e. The standard InChI is InChI=1S/C25H24ClN3O4/c1-32-22-13-19(20(26)14-23(22)33-2)16-27-29-24(30)15-21(17-9-5-3-6-10-17)28-25(31)18-11-7-4-8-12-18/h3-14,16,21H,15H2,1-2H3,(H,28,31)(H,29,30)/b27-16-/t21-/m0/s1. The van der Waals surface area contributed by atoms with E-state index >= 15 is 0 Å². The van der Waals surface area contributed by atoms with Crippen LogP contribution in [0.1, 0.15) is 33.9 Å². The average molecular weight is 466 g/mol. The van der Waals surface area contributed by atoms with E-state index in [0.29, 0.717) is 27.6 Å². The molecule has 0 saturated heterocycles. The van der Waals surface area contributed by atoms with Gasteiger partial charge in [-0.25, -0.2) is 5.43 Å². The van der Waals surface area contributed by atoms with Crippen molar-refractivity contribution < 1.29 is 19.1 Å². The fourth-order valence-corrected chi connectivity index (χ4v) is 3.34. The highest BCUT2D eigenvalue weighted by molar-refractivity contribution is 6.33. The smallest absolute Gasteiger partial charge is 0.251 e. The summed E-state index contributed by atoms with van der Waals surface area (Å²) in [5, 5.41) is 7.31. The van der Waals surface area contributed by atoms with Gasteiger partial charge in [-0.3, -0.25) is 9.59 Å². The first kappa shape index (κ1) is 23.8. The van der Waals surface area contributed by atoms with Crippen LogP contribution in [-0.2, 0) is 4.79 Å². The molecule has 0 heterocycles. The lowest BCUT2D eigenvalue weighted by atomic mass is 10.0. The van der Waals surface area contributed by atoms with Crippen molar-refractivity contribution in [3.05, 3.63) is 94.5 Å². The Morgan fingerprint density at radius 3 is 2.21 bits per heavy atom. The van der Waals surface area contributed by atoms with Crippen molar-refractivity contribution in [2.24, 2.45) is 5.10 Å². The molecule has 3 rings (SSSR count). The van der Waals surface area contributed by atoms with Crippen LogP contribution in [-0.4, -0.2) is 32.2 Å². The minimum atomic E-state index is -0.529. The molecule has 3 aromatic carbocycles. The molecule has 170 valence electrons. The molecule has 0 fully saturated rings. The summed E-state index contributed by atoms with van der Waals surface area (Å²) in [6, 6.07) is 20.9. The molecule has 2 amide bonds. The molecule has 8 heteroatoms. The summed E-state index contributed by atoms with van der Waals surface area (Å²) in [5.41, 5.74) is 4.36. The van der Waals surface area contributed by atoms with Gasteiger partial charge in [0.1, 0.15) is 0 Å². The quantitative estimate of drug-likeness (QED) is 0.363. The number of carbonyl (C=O) groups excluding carboxylic acids is 2. The van der Waals surface area contributed by atoms with Crippen LogP contribution in [0.15, 0.2) is 77.9 Å². The minimum absolute atomic E-state index is 0.000404. The normalized spacial score (nSPS) is 11.6. The fourth-order valence-electron chi connectivity index (χ4n) is 3.14. The van der Waals surface area contributed by atoms with Gasteiger partial charge < -0.3 is 14.8 Å². The third-order valence-electron chi connectivity index (χ3n) is 4.83. The van der Waals surface area contributed by atoms with Crippen LogP contribution in [0.2, 0.25) is 5.02 Å². The van der Waals surface area contributed by atoms with Crippen molar-refractivity contribution in [2.45, 2.75) is 12.5 Å². The van der Waals surface area contributed by atoms with Crippen LogP contribution in [0.4, 0.5) is 0 Å². The van der Waals surface area contributed by atoms with Gasteiger partial charge in [0.05, 0.1) is 37.9 Å². The maximum Gasteiger partial charge on any atom is 0.251 e. The Hall–Kier alpha value is -3.84. The molecule has 0 bridgehead atoms. The molecule has 0 aliphatic rings. The van der Waals surface area contributed by atoms with Crippen LogP contribution in [0.3, 0.4) is 0 Å². The molecule has 0 unspecified atom stereocenters. The zero-order valence-corrected chi connectivity index (χ0v) is 19.0. The van der Waals surface area contributed by atoms with E-state index in [1.807, 2.05) is 36.4 Å². The predicted molar refractivity (Wildman–Crippen MR) is 128 cm³/mol. The number of methoxy groups -OCH3 is 2. The summed E-state index contributed by atoms with van der Waals surface area (Å²) in [4.78, 5) is 25.2. The van der Waals surface area contributed by atoms with Gasteiger partial charge >= 0.3 is 0 Å². The number of hydrazone groups is 1. The number of halogens is 1. The maximum absolute atomic E-state index is 12.6. The van der Waals surface area contributed by atoms with Gasteiger partial charge in [0.2, 0.25) is 5.91 Å². The van der Waals surface area contributed by atoms with Crippen molar-refractivity contribution >= 4 is 29.6 Å². The predicted octanol–water partition coefficient (Wildman–Crippen LogP) is 4.37. The highest BCUT2D eigenvalue weighted by Gasteiger charge is 2.19. The van der Waals surface area contributed by atoms with Gasteiger partial charge in [0.25, 0.3) is 5.91 Å². The zero-order chi connectivity index (χ0) is 23.6. The van der Waals surface area contributed by atoms with E-state index < -0.39 is 6.04 Å². The molecular formula is C25H24ClN3O4. The topological polar surface area (TPSA) is 89.0 Å². The summed E-state index contributed by atoms with van der Waals surface area (Å²) in [7, 11) is 3.03. The number of nitrogens with zero attached hydrogens (tertiary/aromatic N) is 1. The Morgan fingerprint density at radius 2 is 1.58 bits per heavy atom. The Balaban J connectivity index is 1.69. The second kappa shape index (κ2) is 11.7. The third kappa shape index (κ3) is 6.57. The number of hydrogen-bond acceptors (Lipinski definition) is 5. The molecule has 0 spiro atoms. The van der Waals surface area contributed by atoms with Crippen molar-refractivity contribution in [3.63, 3.8) is 0 Å². The Labute approximate surface area is 197 Å². The molecule has 3 aromatic rings.